The Morgan fingerprint density at radius 2 is 2.21 bits per heavy atom. The van der Waals surface area contributed by atoms with Crippen LogP contribution in [0.1, 0.15) is 49.4 Å². The van der Waals surface area contributed by atoms with E-state index in [9.17, 15) is 4.79 Å². The molecular formula is C19H23N3O2. The van der Waals surface area contributed by atoms with E-state index in [2.05, 4.69) is 17.1 Å². The van der Waals surface area contributed by atoms with Crippen LogP contribution in [0.25, 0.3) is 6.08 Å². The SMILES string of the molecule is CCCc1noc([C@@H]2CCCN(C(=O)/C=C/c3ccccc3)C2)n1. The first-order chi connectivity index (χ1) is 11.8. The number of likely N-dealkylation sites (tertiary alicyclic amines) is 1. The van der Waals surface area contributed by atoms with Crippen molar-refractivity contribution in [2.45, 2.75) is 38.5 Å². The van der Waals surface area contributed by atoms with Gasteiger partial charge in [0, 0.05) is 25.6 Å². The minimum Gasteiger partial charge on any atom is -0.339 e. The Morgan fingerprint density at radius 1 is 1.38 bits per heavy atom. The monoisotopic (exact) mass is 325 g/mol. The molecule has 1 fully saturated rings. The second kappa shape index (κ2) is 7.90. The van der Waals surface area contributed by atoms with Crippen LogP contribution in [0.15, 0.2) is 40.9 Å². The van der Waals surface area contributed by atoms with Crippen molar-refractivity contribution in [1.29, 1.82) is 0 Å². The molecule has 0 unspecified atom stereocenters. The zero-order valence-electron chi connectivity index (χ0n) is 14.0. The van der Waals surface area contributed by atoms with Gasteiger partial charge in [-0.05, 0) is 30.9 Å². The molecule has 0 bridgehead atoms. The van der Waals surface area contributed by atoms with Gasteiger partial charge in [-0.2, -0.15) is 4.98 Å². The van der Waals surface area contributed by atoms with Crippen molar-refractivity contribution >= 4 is 12.0 Å². The van der Waals surface area contributed by atoms with E-state index in [0.29, 0.717) is 12.4 Å². The van der Waals surface area contributed by atoms with Crippen molar-refractivity contribution in [1.82, 2.24) is 15.0 Å². The lowest BCUT2D eigenvalue weighted by molar-refractivity contribution is -0.127. The Balaban J connectivity index is 1.62. The van der Waals surface area contributed by atoms with E-state index < -0.39 is 0 Å². The first-order valence-corrected chi connectivity index (χ1v) is 8.60. The van der Waals surface area contributed by atoms with Gasteiger partial charge < -0.3 is 9.42 Å². The van der Waals surface area contributed by atoms with E-state index in [-0.39, 0.29) is 11.8 Å². The van der Waals surface area contributed by atoms with E-state index in [0.717, 1.165) is 43.6 Å². The summed E-state index contributed by atoms with van der Waals surface area (Å²) in [5, 5.41) is 4.02. The van der Waals surface area contributed by atoms with Gasteiger partial charge in [0.15, 0.2) is 5.82 Å². The van der Waals surface area contributed by atoms with Crippen molar-refractivity contribution < 1.29 is 9.32 Å². The molecule has 1 amide bonds. The average molecular weight is 325 g/mol. The molecule has 24 heavy (non-hydrogen) atoms. The fourth-order valence-electron chi connectivity index (χ4n) is 2.97. The number of amides is 1. The van der Waals surface area contributed by atoms with Crippen LogP contribution < -0.4 is 0 Å². The van der Waals surface area contributed by atoms with Crippen molar-refractivity contribution in [3.63, 3.8) is 0 Å². The van der Waals surface area contributed by atoms with E-state index in [1.807, 2.05) is 41.3 Å². The molecule has 2 heterocycles. The number of benzene rings is 1. The highest BCUT2D eigenvalue weighted by Gasteiger charge is 2.27. The summed E-state index contributed by atoms with van der Waals surface area (Å²) in [5.74, 6) is 1.62. The zero-order chi connectivity index (χ0) is 16.8. The maximum absolute atomic E-state index is 12.4. The number of rotatable bonds is 5. The summed E-state index contributed by atoms with van der Waals surface area (Å²) < 4.78 is 5.40. The molecule has 1 saturated heterocycles. The van der Waals surface area contributed by atoms with Gasteiger partial charge in [0.2, 0.25) is 11.8 Å². The number of aromatic nitrogens is 2. The first-order valence-electron chi connectivity index (χ1n) is 8.60. The molecule has 5 nitrogen and oxygen atoms in total. The highest BCUT2D eigenvalue weighted by Crippen LogP contribution is 2.26. The van der Waals surface area contributed by atoms with Gasteiger partial charge in [0.25, 0.3) is 0 Å². The van der Waals surface area contributed by atoms with Crippen LogP contribution in [-0.2, 0) is 11.2 Å². The van der Waals surface area contributed by atoms with Gasteiger partial charge in [-0.15, -0.1) is 0 Å². The first kappa shape index (κ1) is 16.4. The highest BCUT2D eigenvalue weighted by atomic mass is 16.5. The molecule has 3 rings (SSSR count). The predicted molar refractivity (Wildman–Crippen MR) is 92.3 cm³/mol. The third-order valence-corrected chi connectivity index (χ3v) is 4.26. The molecule has 0 aliphatic carbocycles. The van der Waals surface area contributed by atoms with Gasteiger partial charge in [0.1, 0.15) is 0 Å². The standard InChI is InChI=1S/C19H23N3O2/c1-2-7-17-20-19(24-21-17)16-10-6-13-22(14-16)18(23)12-11-15-8-4-3-5-9-15/h3-5,8-9,11-12,16H,2,6-7,10,13-14H2,1H3/b12-11+/t16-/m1/s1. The summed E-state index contributed by atoms with van der Waals surface area (Å²) in [7, 11) is 0. The molecule has 0 radical (unpaired) electrons. The lowest BCUT2D eigenvalue weighted by Gasteiger charge is -2.30. The summed E-state index contributed by atoms with van der Waals surface area (Å²) in [5.41, 5.74) is 1.03. The third kappa shape index (κ3) is 4.10. The molecule has 0 spiro atoms. The Morgan fingerprint density at radius 3 is 3.00 bits per heavy atom. The Labute approximate surface area is 142 Å². The lowest BCUT2D eigenvalue weighted by atomic mass is 9.98. The fourth-order valence-corrected chi connectivity index (χ4v) is 2.97. The number of piperidine rings is 1. The highest BCUT2D eigenvalue weighted by molar-refractivity contribution is 5.91. The summed E-state index contributed by atoms with van der Waals surface area (Å²) in [6.45, 7) is 3.52. The van der Waals surface area contributed by atoms with Crippen molar-refractivity contribution in [2.75, 3.05) is 13.1 Å². The van der Waals surface area contributed by atoms with E-state index >= 15 is 0 Å². The van der Waals surface area contributed by atoms with Crippen LogP contribution in [0.2, 0.25) is 0 Å². The Bertz CT molecular complexity index is 694. The number of hydrogen-bond donors (Lipinski definition) is 0. The molecule has 1 aromatic heterocycles. The summed E-state index contributed by atoms with van der Waals surface area (Å²) in [6, 6.07) is 9.85. The van der Waals surface area contributed by atoms with E-state index in [1.165, 1.54) is 0 Å². The van der Waals surface area contributed by atoms with Crippen molar-refractivity contribution in [2.24, 2.45) is 0 Å². The van der Waals surface area contributed by atoms with E-state index in [4.69, 9.17) is 4.52 Å². The van der Waals surface area contributed by atoms with Crippen LogP contribution >= 0.6 is 0 Å². The number of carbonyl (C=O) groups excluding carboxylic acids is 1. The van der Waals surface area contributed by atoms with Gasteiger partial charge >= 0.3 is 0 Å². The van der Waals surface area contributed by atoms with Gasteiger partial charge in [-0.3, -0.25) is 4.79 Å². The maximum atomic E-state index is 12.4. The Kier molecular flexibility index (Phi) is 5.41. The van der Waals surface area contributed by atoms with Crippen LogP contribution in [0.4, 0.5) is 0 Å². The average Bonchev–Trinajstić information content (AvgIpc) is 3.10. The van der Waals surface area contributed by atoms with E-state index in [1.54, 1.807) is 6.08 Å². The van der Waals surface area contributed by atoms with Gasteiger partial charge in [0.05, 0.1) is 5.92 Å². The van der Waals surface area contributed by atoms with Crippen LogP contribution in [0.3, 0.4) is 0 Å². The van der Waals surface area contributed by atoms with Crippen LogP contribution in [-0.4, -0.2) is 34.0 Å². The molecule has 0 N–H and O–H groups in total. The number of carbonyl (C=O) groups is 1. The number of hydrogen-bond acceptors (Lipinski definition) is 4. The number of nitrogens with zero attached hydrogens (tertiary/aromatic N) is 3. The topological polar surface area (TPSA) is 59.2 Å². The molecular weight excluding hydrogens is 302 g/mol. The summed E-state index contributed by atoms with van der Waals surface area (Å²) in [6.07, 6.45) is 7.28. The molecule has 1 aliphatic heterocycles. The Hall–Kier alpha value is -2.43. The summed E-state index contributed by atoms with van der Waals surface area (Å²) in [4.78, 5) is 18.8. The molecule has 2 aromatic rings. The predicted octanol–water partition coefficient (Wildman–Crippen LogP) is 3.44. The molecule has 0 saturated carbocycles. The second-order valence-electron chi connectivity index (χ2n) is 6.17. The maximum Gasteiger partial charge on any atom is 0.246 e. The van der Waals surface area contributed by atoms with Crippen LogP contribution in [0, 0.1) is 0 Å². The quantitative estimate of drug-likeness (QED) is 0.790. The van der Waals surface area contributed by atoms with Gasteiger partial charge in [-0.1, -0.05) is 42.4 Å². The number of aryl methyl sites for hydroxylation is 1. The van der Waals surface area contributed by atoms with Crippen molar-refractivity contribution in [3.05, 3.63) is 53.7 Å². The normalized spacial score (nSPS) is 18.2. The minimum atomic E-state index is 0.0388. The van der Waals surface area contributed by atoms with Gasteiger partial charge in [-0.25, -0.2) is 0 Å². The largest absolute Gasteiger partial charge is 0.339 e. The zero-order valence-corrected chi connectivity index (χ0v) is 14.0. The smallest absolute Gasteiger partial charge is 0.246 e. The summed E-state index contributed by atoms with van der Waals surface area (Å²) >= 11 is 0. The second-order valence-corrected chi connectivity index (χ2v) is 6.17. The van der Waals surface area contributed by atoms with Crippen LogP contribution in [0.5, 0.6) is 0 Å². The lowest BCUT2D eigenvalue weighted by Crippen LogP contribution is -2.38. The molecule has 5 heteroatoms. The molecule has 126 valence electrons. The fraction of sp³-hybridized carbons (Fsp3) is 0.421. The minimum absolute atomic E-state index is 0.0388. The third-order valence-electron chi connectivity index (χ3n) is 4.26. The van der Waals surface area contributed by atoms with Crippen molar-refractivity contribution in [3.8, 4) is 0 Å². The molecule has 1 atom stereocenters. The molecule has 1 aromatic carbocycles. The molecule has 1 aliphatic rings.